The van der Waals surface area contributed by atoms with Gasteiger partial charge in [-0.05, 0) is 44.4 Å². The van der Waals surface area contributed by atoms with E-state index in [4.69, 9.17) is 5.11 Å². The Balaban J connectivity index is 1.82. The van der Waals surface area contributed by atoms with Gasteiger partial charge in [-0.3, -0.25) is 4.90 Å². The number of nitrogens with one attached hydrogen (secondary N) is 1. The molecule has 0 aliphatic carbocycles. The minimum Gasteiger partial charge on any atom is -0.395 e. The van der Waals surface area contributed by atoms with Crippen molar-refractivity contribution in [2.45, 2.75) is 52.2 Å². The smallest absolute Gasteiger partial charge is 0.317 e. The summed E-state index contributed by atoms with van der Waals surface area (Å²) < 4.78 is 0. The fourth-order valence-corrected chi connectivity index (χ4v) is 3.20. The van der Waals surface area contributed by atoms with E-state index >= 15 is 0 Å². The lowest BCUT2D eigenvalue weighted by molar-refractivity contribution is 0.152. The predicted octanol–water partition coefficient (Wildman–Crippen LogP) is 2.58. The average molecular weight is 333 g/mol. The summed E-state index contributed by atoms with van der Waals surface area (Å²) in [5, 5.41) is 11.9. The van der Waals surface area contributed by atoms with E-state index in [-0.39, 0.29) is 12.6 Å². The number of aliphatic hydroxyl groups is 1. The Morgan fingerprint density at radius 1 is 1.29 bits per heavy atom. The number of urea groups is 1. The van der Waals surface area contributed by atoms with Crippen LogP contribution < -0.4 is 5.32 Å². The van der Waals surface area contributed by atoms with Crippen molar-refractivity contribution in [3.8, 4) is 0 Å². The molecule has 0 spiro atoms. The van der Waals surface area contributed by atoms with Gasteiger partial charge < -0.3 is 15.3 Å². The van der Waals surface area contributed by atoms with Crippen molar-refractivity contribution in [2.24, 2.45) is 0 Å². The topological polar surface area (TPSA) is 55.8 Å². The lowest BCUT2D eigenvalue weighted by atomic mass is 10.0. The molecule has 1 atom stereocenters. The van der Waals surface area contributed by atoms with Crippen molar-refractivity contribution in [1.82, 2.24) is 15.1 Å². The van der Waals surface area contributed by atoms with Crippen LogP contribution in [0.2, 0.25) is 0 Å². The molecule has 1 saturated heterocycles. The van der Waals surface area contributed by atoms with Crippen LogP contribution in [0.1, 0.15) is 44.2 Å². The number of nitrogens with zero attached hydrogens (tertiary/aromatic N) is 2. The number of likely N-dealkylation sites (tertiary alicyclic amines) is 1. The molecule has 1 heterocycles. The molecule has 5 heteroatoms. The number of aliphatic hydroxyl groups excluding tert-OH is 1. The van der Waals surface area contributed by atoms with Gasteiger partial charge in [0, 0.05) is 32.2 Å². The molecule has 2 N–H and O–H groups in total. The Hall–Kier alpha value is -1.59. The normalized spacial score (nSPS) is 18.4. The highest BCUT2D eigenvalue weighted by Crippen LogP contribution is 2.19. The molecule has 1 unspecified atom stereocenters. The summed E-state index contributed by atoms with van der Waals surface area (Å²) in [6.45, 7) is 7.89. The van der Waals surface area contributed by atoms with Crippen LogP contribution in [0.3, 0.4) is 0 Å². The number of carbonyl (C=O) groups excluding carboxylic acids is 1. The maximum atomic E-state index is 12.0. The summed E-state index contributed by atoms with van der Waals surface area (Å²) in [6, 6.07) is 9.04. The number of hydrogen-bond donors (Lipinski definition) is 2. The van der Waals surface area contributed by atoms with E-state index in [1.54, 1.807) is 4.90 Å². The summed E-state index contributed by atoms with van der Waals surface area (Å²) in [5.41, 5.74) is 2.42. The zero-order valence-corrected chi connectivity index (χ0v) is 15.0. The van der Waals surface area contributed by atoms with E-state index in [0.717, 1.165) is 12.1 Å². The highest BCUT2D eigenvalue weighted by molar-refractivity contribution is 5.74. The van der Waals surface area contributed by atoms with Gasteiger partial charge in [0.1, 0.15) is 0 Å². The van der Waals surface area contributed by atoms with Gasteiger partial charge in [-0.2, -0.15) is 0 Å². The van der Waals surface area contributed by atoms with Gasteiger partial charge in [-0.15, -0.1) is 0 Å². The first-order valence-electron chi connectivity index (χ1n) is 9.09. The van der Waals surface area contributed by atoms with Crippen LogP contribution in [0.4, 0.5) is 4.79 Å². The lowest BCUT2D eigenvalue weighted by Crippen LogP contribution is -2.41. The van der Waals surface area contributed by atoms with Crippen molar-refractivity contribution in [1.29, 1.82) is 0 Å². The lowest BCUT2D eigenvalue weighted by Gasteiger charge is -2.33. The van der Waals surface area contributed by atoms with Crippen molar-refractivity contribution < 1.29 is 9.90 Å². The van der Waals surface area contributed by atoms with Crippen molar-refractivity contribution >= 4 is 6.03 Å². The van der Waals surface area contributed by atoms with Crippen molar-refractivity contribution in [3.05, 3.63) is 35.4 Å². The Labute approximate surface area is 145 Å². The van der Waals surface area contributed by atoms with E-state index in [1.165, 1.54) is 31.4 Å². The average Bonchev–Trinajstić information content (AvgIpc) is 2.60. The molecule has 0 aromatic heterocycles. The largest absolute Gasteiger partial charge is 0.395 e. The molecule has 1 aromatic carbocycles. The molecule has 134 valence electrons. The summed E-state index contributed by atoms with van der Waals surface area (Å²) >= 11 is 0. The minimum atomic E-state index is -0.127. The highest BCUT2D eigenvalue weighted by Gasteiger charge is 2.18. The van der Waals surface area contributed by atoms with E-state index in [2.05, 4.69) is 41.4 Å². The first kappa shape index (κ1) is 18.7. The molecule has 1 aliphatic rings. The van der Waals surface area contributed by atoms with E-state index in [9.17, 15) is 4.79 Å². The molecule has 1 aromatic rings. The number of likely N-dealkylation sites (N-methyl/N-ethyl adjacent to an activating group) is 1. The molecule has 0 bridgehead atoms. The fourth-order valence-electron chi connectivity index (χ4n) is 3.20. The number of rotatable bonds is 7. The molecule has 1 fully saturated rings. The molecule has 2 rings (SSSR count). The second-order valence-electron chi connectivity index (χ2n) is 6.59. The summed E-state index contributed by atoms with van der Waals surface area (Å²) in [7, 11) is 0. The molecular formula is C19H31N3O2. The fraction of sp³-hybridized carbons (Fsp3) is 0.632. The maximum absolute atomic E-state index is 12.0. The van der Waals surface area contributed by atoms with Crippen LogP contribution in [0, 0.1) is 0 Å². The number of amides is 2. The first-order chi connectivity index (χ1) is 11.6. The third-order valence-corrected chi connectivity index (χ3v) is 4.83. The van der Waals surface area contributed by atoms with Crippen molar-refractivity contribution in [3.63, 3.8) is 0 Å². The molecule has 0 radical (unpaired) electrons. The summed E-state index contributed by atoms with van der Waals surface area (Å²) in [6.07, 6.45) is 3.95. The van der Waals surface area contributed by atoms with Crippen molar-refractivity contribution in [2.75, 3.05) is 26.2 Å². The third kappa shape index (κ3) is 5.49. The van der Waals surface area contributed by atoms with Gasteiger partial charge in [-0.25, -0.2) is 4.79 Å². The zero-order valence-electron chi connectivity index (χ0n) is 15.0. The SMILES string of the molecule is CCN(CCO)C(=O)NCc1ccc(CN2CCCCC2C)cc1. The summed E-state index contributed by atoms with van der Waals surface area (Å²) in [4.78, 5) is 16.2. The number of benzene rings is 1. The van der Waals surface area contributed by atoms with Gasteiger partial charge in [0.05, 0.1) is 6.61 Å². The Morgan fingerprint density at radius 2 is 2.00 bits per heavy atom. The molecule has 24 heavy (non-hydrogen) atoms. The van der Waals surface area contributed by atoms with Gasteiger partial charge in [-0.1, -0.05) is 30.7 Å². The van der Waals surface area contributed by atoms with Gasteiger partial charge in [0.15, 0.2) is 0 Å². The van der Waals surface area contributed by atoms with Gasteiger partial charge in [0.2, 0.25) is 0 Å². The molecule has 2 amide bonds. The van der Waals surface area contributed by atoms with Gasteiger partial charge in [0.25, 0.3) is 0 Å². The standard InChI is InChI=1S/C19H31N3O2/c1-3-21(12-13-23)19(24)20-14-17-7-9-18(10-8-17)15-22-11-5-4-6-16(22)2/h7-10,16,23H,3-6,11-15H2,1-2H3,(H,20,24). The quantitative estimate of drug-likeness (QED) is 0.806. The predicted molar refractivity (Wildman–Crippen MR) is 96.7 cm³/mol. The third-order valence-electron chi connectivity index (χ3n) is 4.83. The number of piperidine rings is 1. The zero-order chi connectivity index (χ0) is 17.4. The van der Waals surface area contributed by atoms with Gasteiger partial charge >= 0.3 is 6.03 Å². The van der Waals surface area contributed by atoms with E-state index in [0.29, 0.717) is 25.7 Å². The minimum absolute atomic E-state index is 0.00905. The molecular weight excluding hydrogens is 302 g/mol. The second kappa shape index (κ2) is 9.64. The van der Waals surface area contributed by atoms with Crippen LogP contribution in [-0.2, 0) is 13.1 Å². The highest BCUT2D eigenvalue weighted by atomic mass is 16.3. The van der Waals surface area contributed by atoms with E-state index in [1.807, 2.05) is 6.92 Å². The van der Waals surface area contributed by atoms with Crippen LogP contribution >= 0.6 is 0 Å². The Kier molecular flexibility index (Phi) is 7.53. The number of hydrogen-bond acceptors (Lipinski definition) is 3. The van der Waals surface area contributed by atoms with Crippen LogP contribution in [0.5, 0.6) is 0 Å². The molecule has 0 saturated carbocycles. The number of carbonyl (C=O) groups is 1. The van der Waals surface area contributed by atoms with Crippen LogP contribution in [-0.4, -0.2) is 53.2 Å². The monoisotopic (exact) mass is 333 g/mol. The van der Waals surface area contributed by atoms with Crippen LogP contribution in [0.15, 0.2) is 24.3 Å². The first-order valence-corrected chi connectivity index (χ1v) is 9.09. The maximum Gasteiger partial charge on any atom is 0.317 e. The second-order valence-corrected chi connectivity index (χ2v) is 6.59. The Bertz CT molecular complexity index is 504. The summed E-state index contributed by atoms with van der Waals surface area (Å²) in [5.74, 6) is 0. The van der Waals surface area contributed by atoms with E-state index < -0.39 is 0 Å². The van der Waals surface area contributed by atoms with Crippen LogP contribution in [0.25, 0.3) is 0 Å². The molecule has 1 aliphatic heterocycles. The molecule has 5 nitrogen and oxygen atoms in total. The Morgan fingerprint density at radius 3 is 2.62 bits per heavy atom.